The van der Waals surface area contributed by atoms with E-state index in [9.17, 15) is 0 Å². The highest BCUT2D eigenvalue weighted by molar-refractivity contribution is 5.81. The van der Waals surface area contributed by atoms with Crippen LogP contribution in [0.4, 0.5) is 5.69 Å². The quantitative estimate of drug-likeness (QED) is 0.133. The average Bonchev–Trinajstić information content (AvgIpc) is 2.91. The van der Waals surface area contributed by atoms with Crippen molar-refractivity contribution in [1.82, 2.24) is 9.97 Å². The van der Waals surface area contributed by atoms with Crippen molar-refractivity contribution in [3.63, 3.8) is 0 Å². The van der Waals surface area contributed by atoms with Crippen LogP contribution in [-0.2, 0) is 0 Å². The predicted molar refractivity (Wildman–Crippen MR) is 163 cm³/mol. The zero-order valence-electron chi connectivity index (χ0n) is 21.4. The predicted octanol–water partition coefficient (Wildman–Crippen LogP) is 6.41. The van der Waals surface area contributed by atoms with Crippen LogP contribution in [0.25, 0.3) is 32.7 Å². The van der Waals surface area contributed by atoms with Gasteiger partial charge in [0.25, 0.3) is 0 Å². The Kier molecular flexibility index (Phi) is 14.3. The topological polar surface area (TPSA) is 112 Å². The van der Waals surface area contributed by atoms with Crippen molar-refractivity contribution in [2.75, 3.05) is 5.73 Å². The molecule has 6 nitrogen and oxygen atoms in total. The van der Waals surface area contributed by atoms with Crippen LogP contribution < -0.4 is 5.73 Å². The summed E-state index contributed by atoms with van der Waals surface area (Å²) in [4.78, 5) is 11.0. The number of fused-ring (bicyclic) bond motifs is 1. The third-order valence-corrected chi connectivity index (χ3v) is 4.13. The molecule has 0 unspecified atom stereocenters. The maximum Gasteiger partial charge on any atom is 0.0922 e. The van der Waals surface area contributed by atoms with E-state index in [2.05, 4.69) is 119 Å². The lowest BCUT2D eigenvalue weighted by Crippen LogP contribution is -1.95. The number of benzene rings is 2. The van der Waals surface area contributed by atoms with Crippen LogP contribution in [0.2, 0.25) is 0 Å². The molecular formula is C32H30N6. The molecule has 0 bridgehead atoms. The van der Waals surface area contributed by atoms with Crippen LogP contribution in [0.3, 0.4) is 0 Å². The van der Waals surface area contributed by atoms with Crippen molar-refractivity contribution in [2.24, 2.45) is 0 Å². The first-order valence-electron chi connectivity index (χ1n) is 10.9. The molecule has 0 amide bonds. The van der Waals surface area contributed by atoms with Gasteiger partial charge in [0.1, 0.15) is 0 Å². The molecule has 3 rings (SSSR count). The average molecular weight is 499 g/mol. The Bertz CT molecular complexity index is 1720. The Labute approximate surface area is 229 Å². The number of aromatic nitrogens is 2. The third kappa shape index (κ3) is 11.8. The van der Waals surface area contributed by atoms with Gasteiger partial charge >= 0.3 is 0 Å². The minimum atomic E-state index is 0. The van der Waals surface area contributed by atoms with E-state index in [4.69, 9.17) is 21.8 Å². The highest BCUT2D eigenvalue weighted by Gasteiger charge is 2.07. The van der Waals surface area contributed by atoms with Gasteiger partial charge in [-0.1, -0.05) is 41.7 Å². The zero-order valence-corrected chi connectivity index (χ0v) is 21.4. The lowest BCUT2D eigenvalue weighted by Gasteiger charge is -2.07. The lowest BCUT2D eigenvalue weighted by molar-refractivity contribution is 1.19. The summed E-state index contributed by atoms with van der Waals surface area (Å²) in [6.07, 6.45) is 0. The molecule has 0 aliphatic rings. The summed E-state index contributed by atoms with van der Waals surface area (Å²) in [6, 6.07) is 13.9. The van der Waals surface area contributed by atoms with Gasteiger partial charge in [0.2, 0.25) is 0 Å². The molecule has 38 heavy (non-hydrogen) atoms. The smallest absolute Gasteiger partial charge is 0.0922 e. The number of nitrogen functional groups attached to an aromatic ring is 1. The van der Waals surface area contributed by atoms with Gasteiger partial charge in [-0.2, -0.15) is 0 Å². The van der Waals surface area contributed by atoms with E-state index < -0.39 is 0 Å². The highest BCUT2D eigenvalue weighted by Crippen LogP contribution is 2.24. The minimum absolute atomic E-state index is 0. The standard InChI is InChI=1S/C16H15N3.C16H6.HN3.4H2/c1-10-3-5-12(6-4-10)16-11(2)18-14-8-7-13(17)9-15(14)19-16;1-3-5-7-9-11-13-15-16-14-12-10-8-6-4-2;1-3-2;;;;/h3-9H,17H2,1-2H3;1-2H3;1H;4*1H. The molecule has 1 heterocycles. The normalized spacial score (nSPS) is 7.26. The van der Waals surface area contributed by atoms with Crippen LogP contribution in [0, 0.1) is 102 Å². The third-order valence-electron chi connectivity index (χ3n) is 4.13. The molecule has 0 radical (unpaired) electrons. The molecule has 0 spiro atoms. The fraction of sp³-hybridized carbons (Fsp3) is 0.125. The number of hydrogen-bond donors (Lipinski definition) is 2. The van der Waals surface area contributed by atoms with Crippen LogP contribution in [0.15, 0.2) is 42.5 Å². The first-order valence-corrected chi connectivity index (χ1v) is 10.9. The monoisotopic (exact) mass is 498 g/mol. The number of nitrogens with zero attached hydrogens (tertiary/aromatic N) is 4. The Balaban J connectivity index is -0.000000293. The fourth-order valence-corrected chi connectivity index (χ4v) is 2.58. The Morgan fingerprint density at radius 2 is 1.16 bits per heavy atom. The van der Waals surface area contributed by atoms with Crippen molar-refractivity contribution < 1.29 is 5.71 Å². The summed E-state index contributed by atoms with van der Waals surface area (Å²) >= 11 is 0. The molecule has 0 fully saturated rings. The molecule has 188 valence electrons. The molecule has 6 heteroatoms. The van der Waals surface area contributed by atoms with Crippen molar-refractivity contribution in [3.05, 3.63) is 64.2 Å². The Morgan fingerprint density at radius 3 is 1.61 bits per heavy atom. The second-order valence-electron chi connectivity index (χ2n) is 6.87. The largest absolute Gasteiger partial charge is 0.399 e. The van der Waals surface area contributed by atoms with E-state index in [1.165, 1.54) is 5.56 Å². The fourth-order valence-electron chi connectivity index (χ4n) is 2.58. The van der Waals surface area contributed by atoms with Crippen molar-refractivity contribution in [3.8, 4) is 94.1 Å². The maximum atomic E-state index is 6.86. The summed E-state index contributed by atoms with van der Waals surface area (Å²) in [5.74, 6) is 35.6. The molecule has 2 aromatic carbocycles. The number of rotatable bonds is 1. The van der Waals surface area contributed by atoms with Gasteiger partial charge in [0.15, 0.2) is 0 Å². The molecular weight excluding hydrogens is 468 g/mol. The Hall–Kier alpha value is -6.19. The van der Waals surface area contributed by atoms with E-state index in [1.54, 1.807) is 18.8 Å². The maximum absolute atomic E-state index is 6.86. The van der Waals surface area contributed by atoms with E-state index in [0.29, 0.717) is 5.69 Å². The van der Waals surface area contributed by atoms with Gasteiger partial charge in [-0.15, -0.1) is 5.53 Å². The molecule has 0 saturated heterocycles. The summed E-state index contributed by atoms with van der Waals surface area (Å²) in [7, 11) is 0. The van der Waals surface area contributed by atoms with E-state index in [0.717, 1.165) is 28.0 Å². The SMILES string of the molecule is CC#CC#CC#CC#CC#CC#CC#CC.Cc1ccc(-c2nc3cc(N)ccc3nc2C)cc1.[HH].[HH].[HH].[HH].[N-]=[N+]=N. The van der Waals surface area contributed by atoms with Crippen LogP contribution in [0.1, 0.15) is 30.8 Å². The lowest BCUT2D eigenvalue weighted by atomic mass is 10.1. The summed E-state index contributed by atoms with van der Waals surface area (Å²) in [6.45, 7) is 7.48. The van der Waals surface area contributed by atoms with Gasteiger partial charge in [0, 0.05) is 17.0 Å². The van der Waals surface area contributed by atoms with Gasteiger partial charge in [0.05, 0.1) is 22.4 Å². The molecule has 0 aliphatic heterocycles. The summed E-state index contributed by atoms with van der Waals surface area (Å²) in [5, 5.41) is 0. The number of anilines is 1. The second-order valence-corrected chi connectivity index (χ2v) is 6.87. The van der Waals surface area contributed by atoms with Crippen molar-refractivity contribution in [1.29, 1.82) is 5.53 Å². The van der Waals surface area contributed by atoms with Gasteiger partial charge in [-0.05, 0) is 127 Å². The van der Waals surface area contributed by atoms with E-state index in [1.807, 2.05) is 25.1 Å². The van der Waals surface area contributed by atoms with Crippen molar-refractivity contribution in [2.45, 2.75) is 27.7 Å². The van der Waals surface area contributed by atoms with Crippen LogP contribution in [0.5, 0.6) is 0 Å². The number of aryl methyl sites for hydroxylation is 2. The van der Waals surface area contributed by atoms with Crippen LogP contribution >= 0.6 is 0 Å². The molecule has 3 aromatic rings. The van der Waals surface area contributed by atoms with Gasteiger partial charge < -0.3 is 5.73 Å². The number of nitrogens with one attached hydrogen (secondary N) is 1. The molecule has 3 N–H and O–H groups in total. The Morgan fingerprint density at radius 1 is 0.711 bits per heavy atom. The van der Waals surface area contributed by atoms with Crippen molar-refractivity contribution >= 4 is 16.7 Å². The van der Waals surface area contributed by atoms with Gasteiger partial charge in [-0.3, -0.25) is 0 Å². The summed E-state index contributed by atoms with van der Waals surface area (Å²) in [5.41, 5.74) is 24.6. The molecule has 0 aliphatic carbocycles. The van der Waals surface area contributed by atoms with Crippen LogP contribution in [-0.4, -0.2) is 9.97 Å². The summed E-state index contributed by atoms with van der Waals surface area (Å²) < 4.78 is 0. The molecule has 0 atom stereocenters. The molecule has 0 saturated carbocycles. The van der Waals surface area contributed by atoms with Gasteiger partial charge in [-0.25, -0.2) is 9.97 Å². The second kappa shape index (κ2) is 18.2. The molecule has 1 aromatic heterocycles. The first-order chi connectivity index (χ1) is 18.5. The first kappa shape index (κ1) is 29.8. The van der Waals surface area contributed by atoms with E-state index in [-0.39, 0.29) is 5.71 Å². The van der Waals surface area contributed by atoms with E-state index >= 15 is 0 Å². The zero-order chi connectivity index (χ0) is 28.0. The minimum Gasteiger partial charge on any atom is -0.399 e. The highest BCUT2D eigenvalue weighted by atomic mass is 15.0. The number of nitrogens with two attached hydrogens (primary N) is 1. The number of hydrogen-bond acceptors (Lipinski definition) is 4.